The molecule has 0 atom stereocenters. The van der Waals surface area contributed by atoms with Gasteiger partial charge in [-0.3, -0.25) is 14.9 Å². The summed E-state index contributed by atoms with van der Waals surface area (Å²) in [7, 11) is 2.08. The van der Waals surface area contributed by atoms with Crippen LogP contribution in [-0.2, 0) is 9.59 Å². The Hall–Kier alpha value is -3.27. The van der Waals surface area contributed by atoms with E-state index in [1.807, 2.05) is 17.5 Å². The number of carbonyl (C=O) groups excluding carboxylic acids is 2. The van der Waals surface area contributed by atoms with Crippen molar-refractivity contribution >= 4 is 73.0 Å². The minimum atomic E-state index is -0.469. The van der Waals surface area contributed by atoms with Gasteiger partial charge in [-0.15, -0.1) is 11.3 Å². The van der Waals surface area contributed by atoms with E-state index in [2.05, 4.69) is 27.1 Å². The molecule has 1 fully saturated rings. The molecule has 4 aromatic rings. The number of carbonyl (C=O) groups is 2. The number of hydrogen-bond donors (Lipinski definition) is 2. The highest BCUT2D eigenvalue weighted by Crippen LogP contribution is 2.38. The van der Waals surface area contributed by atoms with Crippen LogP contribution in [0.1, 0.15) is 11.3 Å². The highest BCUT2D eigenvalue weighted by molar-refractivity contribution is 7.16. The van der Waals surface area contributed by atoms with E-state index in [-0.39, 0.29) is 5.57 Å². The molecule has 5 heterocycles. The molecule has 10 heteroatoms. The Morgan fingerprint density at radius 3 is 2.61 bits per heavy atom. The molecule has 2 aliphatic heterocycles. The van der Waals surface area contributed by atoms with E-state index >= 15 is 0 Å². The average molecular weight is 479 g/mol. The van der Waals surface area contributed by atoms with Crippen molar-refractivity contribution in [2.24, 2.45) is 0 Å². The fourth-order valence-electron chi connectivity index (χ4n) is 4.42. The topological polar surface area (TPSA) is 94.2 Å². The van der Waals surface area contributed by atoms with E-state index in [1.165, 1.54) is 0 Å². The van der Waals surface area contributed by atoms with Gasteiger partial charge in [0, 0.05) is 53.7 Å². The summed E-state index contributed by atoms with van der Waals surface area (Å²) in [5.41, 5.74) is 2.33. The van der Waals surface area contributed by atoms with Crippen molar-refractivity contribution in [3.05, 3.63) is 52.1 Å². The van der Waals surface area contributed by atoms with Crippen LogP contribution in [0.3, 0.4) is 0 Å². The first kappa shape index (κ1) is 20.3. The molecule has 0 saturated carbocycles. The van der Waals surface area contributed by atoms with E-state index < -0.39 is 11.8 Å². The molecule has 0 bridgehead atoms. The van der Waals surface area contributed by atoms with Gasteiger partial charge in [-0.1, -0.05) is 11.6 Å². The van der Waals surface area contributed by atoms with Crippen molar-refractivity contribution in [1.29, 1.82) is 0 Å². The monoisotopic (exact) mass is 478 g/mol. The van der Waals surface area contributed by atoms with Gasteiger partial charge in [0.05, 0.1) is 22.4 Å². The second kappa shape index (κ2) is 7.65. The highest BCUT2D eigenvalue weighted by Gasteiger charge is 2.36. The van der Waals surface area contributed by atoms with E-state index in [0.29, 0.717) is 38.7 Å². The molecule has 6 rings (SSSR count). The summed E-state index contributed by atoms with van der Waals surface area (Å²) in [5, 5.41) is 6.46. The van der Waals surface area contributed by atoms with E-state index in [4.69, 9.17) is 21.6 Å². The standard InChI is InChI=1S/C23H19ClN6O2S/c1-29-5-7-30(8-6-29)23-26-16-3-2-12(24)10-14(16)19(27-23)18-17(20(31)28-21(18)32)15-11-25-22-13(15)4-9-33-22/h2-4,9-11,25H,5-8H2,1H3,(H,28,31,32). The zero-order valence-electron chi connectivity index (χ0n) is 17.7. The van der Waals surface area contributed by atoms with Gasteiger partial charge in [-0.05, 0) is 36.7 Å². The number of nitrogens with zero attached hydrogens (tertiary/aromatic N) is 4. The summed E-state index contributed by atoms with van der Waals surface area (Å²) in [6.45, 7) is 3.34. The van der Waals surface area contributed by atoms with Gasteiger partial charge in [0.2, 0.25) is 5.95 Å². The molecule has 1 aromatic carbocycles. The molecule has 166 valence electrons. The van der Waals surface area contributed by atoms with Gasteiger partial charge >= 0.3 is 0 Å². The first-order valence-electron chi connectivity index (χ1n) is 10.6. The number of halogens is 1. The van der Waals surface area contributed by atoms with Crippen LogP contribution in [0.15, 0.2) is 35.8 Å². The normalized spacial score (nSPS) is 17.6. The van der Waals surface area contributed by atoms with Crippen LogP contribution in [0, 0.1) is 0 Å². The molecule has 2 amide bonds. The number of anilines is 1. The van der Waals surface area contributed by atoms with Crippen molar-refractivity contribution in [1.82, 2.24) is 25.2 Å². The first-order valence-corrected chi connectivity index (χ1v) is 11.8. The van der Waals surface area contributed by atoms with Crippen LogP contribution < -0.4 is 10.2 Å². The Kier molecular flexibility index (Phi) is 4.72. The number of benzene rings is 1. The maximum Gasteiger partial charge on any atom is 0.261 e. The van der Waals surface area contributed by atoms with Crippen LogP contribution in [0.2, 0.25) is 5.02 Å². The van der Waals surface area contributed by atoms with E-state index in [9.17, 15) is 9.59 Å². The average Bonchev–Trinajstić information content (AvgIpc) is 3.48. The summed E-state index contributed by atoms with van der Waals surface area (Å²) in [5.74, 6) is -0.359. The third kappa shape index (κ3) is 3.31. The lowest BCUT2D eigenvalue weighted by atomic mass is 9.97. The number of hydrogen-bond acceptors (Lipinski definition) is 7. The number of imide groups is 1. The molecule has 0 spiro atoms. The number of likely N-dealkylation sites (N-methyl/N-ethyl adjacent to an activating group) is 1. The molecule has 1 saturated heterocycles. The Labute approximate surface area is 197 Å². The zero-order chi connectivity index (χ0) is 22.7. The summed E-state index contributed by atoms with van der Waals surface area (Å²) in [4.78, 5) is 44.2. The van der Waals surface area contributed by atoms with Gasteiger partial charge in [0.1, 0.15) is 4.83 Å². The number of nitrogens with one attached hydrogen (secondary N) is 2. The smallest absolute Gasteiger partial charge is 0.261 e. The number of rotatable bonds is 3. The third-order valence-corrected chi connectivity index (χ3v) is 7.25. The quantitative estimate of drug-likeness (QED) is 0.439. The van der Waals surface area contributed by atoms with Crippen molar-refractivity contribution in [2.45, 2.75) is 0 Å². The Morgan fingerprint density at radius 2 is 1.79 bits per heavy atom. The first-order chi connectivity index (χ1) is 16.0. The molecule has 2 N–H and O–H groups in total. The molecule has 3 aromatic heterocycles. The molecule has 2 aliphatic rings. The lowest BCUT2D eigenvalue weighted by molar-refractivity contribution is -0.122. The summed E-state index contributed by atoms with van der Waals surface area (Å²) in [6, 6.07) is 7.28. The zero-order valence-corrected chi connectivity index (χ0v) is 19.3. The van der Waals surface area contributed by atoms with Gasteiger partial charge < -0.3 is 14.8 Å². The number of aromatic amines is 1. The fraction of sp³-hybridized carbons (Fsp3) is 0.217. The maximum absolute atomic E-state index is 13.1. The van der Waals surface area contributed by atoms with Crippen LogP contribution in [0.25, 0.3) is 32.3 Å². The van der Waals surface area contributed by atoms with Crippen molar-refractivity contribution in [3.8, 4) is 0 Å². The van der Waals surface area contributed by atoms with Crippen LogP contribution >= 0.6 is 22.9 Å². The van der Waals surface area contributed by atoms with Gasteiger partial charge in [0.15, 0.2) is 0 Å². The number of thiophene rings is 1. The van der Waals surface area contributed by atoms with Gasteiger partial charge in [-0.25, -0.2) is 9.97 Å². The number of aromatic nitrogens is 3. The van der Waals surface area contributed by atoms with Crippen LogP contribution in [0.5, 0.6) is 0 Å². The molecule has 0 unspecified atom stereocenters. The van der Waals surface area contributed by atoms with Gasteiger partial charge in [-0.2, -0.15) is 0 Å². The molecule has 0 radical (unpaired) electrons. The SMILES string of the molecule is CN1CCN(c2nc(C3=C(c4c[nH]c5sccc45)C(=O)NC3=O)c3cc(Cl)ccc3n2)CC1. The summed E-state index contributed by atoms with van der Waals surface area (Å²) >= 11 is 7.85. The third-order valence-electron chi connectivity index (χ3n) is 6.17. The minimum Gasteiger partial charge on any atom is -0.352 e. The molecule has 0 aliphatic carbocycles. The van der Waals surface area contributed by atoms with Crippen molar-refractivity contribution in [3.63, 3.8) is 0 Å². The number of fused-ring (bicyclic) bond motifs is 2. The molecular weight excluding hydrogens is 460 g/mol. The number of H-pyrrole nitrogens is 1. The summed E-state index contributed by atoms with van der Waals surface area (Å²) < 4.78 is 0. The Bertz CT molecular complexity index is 1480. The van der Waals surface area contributed by atoms with Crippen molar-refractivity contribution < 1.29 is 9.59 Å². The van der Waals surface area contributed by atoms with E-state index in [1.54, 1.807) is 29.7 Å². The van der Waals surface area contributed by atoms with Gasteiger partial charge in [0.25, 0.3) is 11.8 Å². The predicted octanol–water partition coefficient (Wildman–Crippen LogP) is 3.15. The van der Waals surface area contributed by atoms with Crippen molar-refractivity contribution in [2.75, 3.05) is 38.1 Å². The Morgan fingerprint density at radius 1 is 1.00 bits per heavy atom. The second-order valence-corrected chi connectivity index (χ2v) is 9.58. The highest BCUT2D eigenvalue weighted by atomic mass is 35.5. The van der Waals surface area contributed by atoms with E-state index in [0.717, 1.165) is 36.4 Å². The van der Waals surface area contributed by atoms with Crippen LogP contribution in [0.4, 0.5) is 5.95 Å². The number of amides is 2. The molecule has 33 heavy (non-hydrogen) atoms. The number of piperazine rings is 1. The van der Waals surface area contributed by atoms with Crippen LogP contribution in [-0.4, -0.2) is 64.9 Å². The largest absolute Gasteiger partial charge is 0.352 e. The molecule has 8 nitrogen and oxygen atoms in total. The lowest BCUT2D eigenvalue weighted by Crippen LogP contribution is -2.45. The minimum absolute atomic E-state index is 0.247. The Balaban J connectivity index is 1.62. The summed E-state index contributed by atoms with van der Waals surface area (Å²) in [6.07, 6.45) is 1.77. The predicted molar refractivity (Wildman–Crippen MR) is 130 cm³/mol. The lowest BCUT2D eigenvalue weighted by Gasteiger charge is -2.32. The fourth-order valence-corrected chi connectivity index (χ4v) is 5.36. The maximum atomic E-state index is 13.1. The molecular formula is C23H19ClN6O2S. The second-order valence-electron chi connectivity index (χ2n) is 8.22.